The summed E-state index contributed by atoms with van der Waals surface area (Å²) in [5, 5.41) is 1.53. The predicted molar refractivity (Wildman–Crippen MR) is 96.7 cm³/mol. The fourth-order valence-corrected chi connectivity index (χ4v) is 4.32. The highest BCUT2D eigenvalue weighted by Gasteiger charge is 2.41. The van der Waals surface area contributed by atoms with Gasteiger partial charge >= 0.3 is 0 Å². The van der Waals surface area contributed by atoms with Gasteiger partial charge in [0, 0.05) is 11.2 Å². The second kappa shape index (κ2) is 7.84. The molecule has 27 heavy (non-hydrogen) atoms. The summed E-state index contributed by atoms with van der Waals surface area (Å²) in [7, 11) is 0. The van der Waals surface area contributed by atoms with Gasteiger partial charge in [0.05, 0.1) is 10.7 Å². The van der Waals surface area contributed by atoms with Gasteiger partial charge in [0.1, 0.15) is 12.7 Å². The summed E-state index contributed by atoms with van der Waals surface area (Å²) in [6, 6.07) is 8.08. The van der Waals surface area contributed by atoms with Crippen molar-refractivity contribution in [3.05, 3.63) is 53.2 Å². The lowest BCUT2D eigenvalue weighted by Gasteiger charge is -2.24. The van der Waals surface area contributed by atoms with E-state index in [1.54, 1.807) is 17.8 Å². The molecule has 0 spiro atoms. The Bertz CT molecular complexity index is 821. The van der Waals surface area contributed by atoms with Gasteiger partial charge in [-0.25, -0.2) is 13.8 Å². The Balaban J connectivity index is 1.41. The SMILES string of the molecule is O=COC1CC1c1cc(F)c(OCc2cccc(SC3CCC3)n2)c(F)c1. The zero-order valence-corrected chi connectivity index (χ0v) is 15.4. The lowest BCUT2D eigenvalue weighted by atomic mass is 10.0. The largest absolute Gasteiger partial charge is 0.481 e. The molecule has 1 aromatic heterocycles. The molecule has 2 unspecified atom stereocenters. The van der Waals surface area contributed by atoms with E-state index < -0.39 is 17.4 Å². The van der Waals surface area contributed by atoms with Gasteiger partial charge in [-0.15, -0.1) is 11.8 Å². The van der Waals surface area contributed by atoms with Gasteiger partial charge in [-0.3, -0.25) is 4.79 Å². The number of nitrogens with zero attached hydrogens (tertiary/aromatic N) is 1. The van der Waals surface area contributed by atoms with Crippen LogP contribution in [0.25, 0.3) is 0 Å². The molecule has 2 aliphatic rings. The first-order chi connectivity index (χ1) is 13.1. The molecule has 2 fully saturated rings. The Morgan fingerprint density at radius 1 is 1.22 bits per heavy atom. The van der Waals surface area contributed by atoms with E-state index in [-0.39, 0.29) is 18.6 Å². The van der Waals surface area contributed by atoms with Crippen LogP contribution in [0.15, 0.2) is 35.4 Å². The fraction of sp³-hybridized carbons (Fsp3) is 0.400. The van der Waals surface area contributed by atoms with Gasteiger partial charge in [0.2, 0.25) is 0 Å². The first-order valence-electron chi connectivity index (χ1n) is 8.97. The van der Waals surface area contributed by atoms with Crippen LogP contribution in [0.4, 0.5) is 8.78 Å². The number of hydrogen-bond acceptors (Lipinski definition) is 5. The molecule has 142 valence electrons. The predicted octanol–water partition coefficient (Wildman–Crippen LogP) is 4.61. The van der Waals surface area contributed by atoms with Gasteiger partial charge in [-0.2, -0.15) is 0 Å². The van der Waals surface area contributed by atoms with E-state index >= 15 is 0 Å². The summed E-state index contributed by atoms with van der Waals surface area (Å²) < 4.78 is 38.8. The molecule has 7 heteroatoms. The second-order valence-corrected chi connectivity index (χ2v) is 8.17. The smallest absolute Gasteiger partial charge is 0.293 e. The van der Waals surface area contributed by atoms with E-state index in [0.717, 1.165) is 5.03 Å². The first-order valence-corrected chi connectivity index (χ1v) is 9.85. The number of pyridine rings is 1. The third-order valence-electron chi connectivity index (χ3n) is 4.90. The van der Waals surface area contributed by atoms with E-state index in [4.69, 9.17) is 9.47 Å². The van der Waals surface area contributed by atoms with Gasteiger partial charge < -0.3 is 9.47 Å². The lowest BCUT2D eigenvalue weighted by molar-refractivity contribution is -0.129. The molecule has 2 atom stereocenters. The Morgan fingerprint density at radius 3 is 2.67 bits per heavy atom. The average molecular weight is 391 g/mol. The molecule has 4 rings (SSSR count). The number of thioether (sulfide) groups is 1. The molecule has 0 bridgehead atoms. The van der Waals surface area contributed by atoms with E-state index in [0.29, 0.717) is 29.4 Å². The molecule has 1 heterocycles. The molecular weight excluding hydrogens is 372 g/mol. The second-order valence-electron chi connectivity index (χ2n) is 6.85. The molecule has 0 saturated heterocycles. The van der Waals surface area contributed by atoms with E-state index in [9.17, 15) is 13.6 Å². The maximum Gasteiger partial charge on any atom is 0.293 e. The molecule has 2 saturated carbocycles. The van der Waals surface area contributed by atoms with Crippen molar-refractivity contribution in [2.75, 3.05) is 0 Å². The maximum atomic E-state index is 14.3. The first kappa shape index (κ1) is 18.2. The minimum Gasteiger partial charge on any atom is -0.481 e. The molecule has 0 N–H and O–H groups in total. The maximum absolute atomic E-state index is 14.3. The van der Waals surface area contributed by atoms with Crippen LogP contribution in [-0.4, -0.2) is 22.8 Å². The van der Waals surface area contributed by atoms with Crippen molar-refractivity contribution < 1.29 is 23.0 Å². The standard InChI is InChI=1S/C20H19F2NO3S/c21-16-7-12(15-9-18(15)26-11-24)8-17(22)20(16)25-10-13-3-1-6-19(23-13)27-14-4-2-5-14/h1,3,6-8,11,14-15,18H,2,4-5,9-10H2. The van der Waals surface area contributed by atoms with Crippen molar-refractivity contribution in [2.45, 2.75) is 54.6 Å². The quantitative estimate of drug-likeness (QED) is 0.615. The minimum atomic E-state index is -0.762. The molecule has 2 aliphatic carbocycles. The van der Waals surface area contributed by atoms with Crippen LogP contribution in [0.1, 0.15) is 42.9 Å². The summed E-state index contributed by atoms with van der Waals surface area (Å²) in [5.74, 6) is -2.09. The molecule has 0 radical (unpaired) electrons. The third-order valence-corrected chi connectivity index (χ3v) is 6.17. The number of halogens is 2. The Labute approximate surface area is 160 Å². The molecule has 0 aliphatic heterocycles. The number of benzene rings is 1. The Morgan fingerprint density at radius 2 is 2.00 bits per heavy atom. The summed E-state index contributed by atoms with van der Waals surface area (Å²) in [5.41, 5.74) is 1.10. The van der Waals surface area contributed by atoms with Crippen molar-refractivity contribution in [2.24, 2.45) is 0 Å². The zero-order valence-electron chi connectivity index (χ0n) is 14.6. The normalized spacial score (nSPS) is 21.4. The van der Waals surface area contributed by atoms with Crippen LogP contribution in [0.5, 0.6) is 5.75 Å². The monoisotopic (exact) mass is 391 g/mol. The topological polar surface area (TPSA) is 48.4 Å². The molecule has 0 amide bonds. The van der Waals surface area contributed by atoms with Crippen LogP contribution in [-0.2, 0) is 16.1 Å². The van der Waals surface area contributed by atoms with Crippen LogP contribution in [0, 0.1) is 11.6 Å². The number of carbonyl (C=O) groups is 1. The minimum absolute atomic E-state index is 0.00738. The van der Waals surface area contributed by atoms with Crippen LogP contribution < -0.4 is 4.74 Å². The van der Waals surface area contributed by atoms with Crippen molar-refractivity contribution in [1.82, 2.24) is 4.98 Å². The number of ether oxygens (including phenoxy) is 2. The number of aromatic nitrogens is 1. The number of carbonyl (C=O) groups excluding carboxylic acids is 1. The summed E-state index contributed by atoms with van der Waals surface area (Å²) in [6.07, 6.45) is 3.95. The Hall–Kier alpha value is -2.15. The summed E-state index contributed by atoms with van der Waals surface area (Å²) in [6.45, 7) is 0.353. The zero-order chi connectivity index (χ0) is 18.8. The highest BCUT2D eigenvalue weighted by atomic mass is 32.2. The third kappa shape index (κ3) is 4.24. The number of hydrogen-bond donors (Lipinski definition) is 0. The summed E-state index contributed by atoms with van der Waals surface area (Å²) >= 11 is 1.74. The number of rotatable bonds is 8. The van der Waals surface area contributed by atoms with E-state index in [1.165, 1.54) is 31.4 Å². The lowest BCUT2D eigenvalue weighted by Crippen LogP contribution is -2.13. The summed E-state index contributed by atoms with van der Waals surface area (Å²) in [4.78, 5) is 14.8. The molecule has 4 nitrogen and oxygen atoms in total. The van der Waals surface area contributed by atoms with Gasteiger partial charge in [-0.05, 0) is 49.1 Å². The fourth-order valence-electron chi connectivity index (χ4n) is 3.08. The Kier molecular flexibility index (Phi) is 5.29. The van der Waals surface area contributed by atoms with Crippen molar-refractivity contribution >= 4 is 18.2 Å². The molecule has 2 aromatic rings. The van der Waals surface area contributed by atoms with Gasteiger partial charge in [-0.1, -0.05) is 12.5 Å². The highest BCUT2D eigenvalue weighted by molar-refractivity contribution is 7.99. The van der Waals surface area contributed by atoms with Crippen molar-refractivity contribution in [3.8, 4) is 5.75 Å². The van der Waals surface area contributed by atoms with Crippen molar-refractivity contribution in [3.63, 3.8) is 0 Å². The van der Waals surface area contributed by atoms with Crippen molar-refractivity contribution in [1.29, 1.82) is 0 Å². The van der Waals surface area contributed by atoms with Gasteiger partial charge in [0.25, 0.3) is 6.47 Å². The van der Waals surface area contributed by atoms with Crippen LogP contribution in [0.3, 0.4) is 0 Å². The van der Waals surface area contributed by atoms with E-state index in [2.05, 4.69) is 4.98 Å². The van der Waals surface area contributed by atoms with Gasteiger partial charge in [0.15, 0.2) is 17.4 Å². The molecular formula is C20H19F2NO3S. The van der Waals surface area contributed by atoms with Crippen LogP contribution >= 0.6 is 11.8 Å². The van der Waals surface area contributed by atoms with E-state index in [1.807, 2.05) is 12.1 Å². The average Bonchev–Trinajstić information content (AvgIpc) is 3.37. The molecule has 1 aromatic carbocycles. The van der Waals surface area contributed by atoms with Crippen LogP contribution in [0.2, 0.25) is 0 Å². The highest BCUT2D eigenvalue weighted by Crippen LogP contribution is 2.44.